The smallest absolute Gasteiger partial charge is 0.312 e. The molecule has 5 heteroatoms. The van der Waals surface area contributed by atoms with E-state index in [-0.39, 0.29) is 19.0 Å². The molecule has 1 fully saturated rings. The van der Waals surface area contributed by atoms with Gasteiger partial charge in [0.2, 0.25) is 0 Å². The molecule has 0 saturated carbocycles. The number of anilines is 1. The lowest BCUT2D eigenvalue weighted by Crippen LogP contribution is -2.36. The molecule has 0 spiro atoms. The molecular formula is C17H26N2O3. The Morgan fingerprint density at radius 2 is 2.23 bits per heavy atom. The molecule has 5 nitrogen and oxygen atoms in total. The van der Waals surface area contributed by atoms with Gasteiger partial charge in [-0.1, -0.05) is 0 Å². The number of ether oxygens (including phenoxy) is 1. The molecule has 1 aliphatic heterocycles. The summed E-state index contributed by atoms with van der Waals surface area (Å²) >= 11 is 0. The van der Waals surface area contributed by atoms with Crippen molar-refractivity contribution in [1.29, 1.82) is 0 Å². The summed E-state index contributed by atoms with van der Waals surface area (Å²) in [5, 5.41) is 9.30. The third kappa shape index (κ3) is 4.98. The molecule has 122 valence electrons. The van der Waals surface area contributed by atoms with E-state index in [0.717, 1.165) is 31.6 Å². The van der Waals surface area contributed by atoms with E-state index in [1.165, 1.54) is 0 Å². The molecule has 2 rings (SSSR count). The molecule has 1 aromatic heterocycles. The van der Waals surface area contributed by atoms with Gasteiger partial charge in [-0.15, -0.1) is 0 Å². The van der Waals surface area contributed by atoms with Crippen LogP contribution in [0, 0.1) is 5.92 Å². The second kappa shape index (κ2) is 7.09. The van der Waals surface area contributed by atoms with Gasteiger partial charge in [0.1, 0.15) is 5.60 Å². The fourth-order valence-corrected chi connectivity index (χ4v) is 2.68. The Morgan fingerprint density at radius 1 is 1.45 bits per heavy atom. The second-order valence-corrected chi connectivity index (χ2v) is 6.91. The zero-order chi connectivity index (χ0) is 16.2. The highest BCUT2D eigenvalue weighted by Gasteiger charge is 2.20. The van der Waals surface area contributed by atoms with Crippen molar-refractivity contribution in [3.8, 4) is 0 Å². The van der Waals surface area contributed by atoms with Gasteiger partial charge in [-0.25, -0.2) is 0 Å². The van der Waals surface area contributed by atoms with Gasteiger partial charge in [-0.05, 0) is 51.7 Å². The molecule has 0 aliphatic carbocycles. The molecule has 1 aromatic rings. The van der Waals surface area contributed by atoms with Crippen molar-refractivity contribution in [1.82, 2.24) is 4.98 Å². The van der Waals surface area contributed by atoms with E-state index in [1.807, 2.05) is 32.9 Å². The number of piperidine rings is 1. The predicted octanol–water partition coefficient (Wildman–Crippen LogP) is 2.17. The topological polar surface area (TPSA) is 62.7 Å². The minimum Gasteiger partial charge on any atom is -0.460 e. The van der Waals surface area contributed by atoms with Crippen LogP contribution in [0.4, 0.5) is 5.69 Å². The maximum Gasteiger partial charge on any atom is 0.312 e. The third-order valence-corrected chi connectivity index (χ3v) is 3.70. The van der Waals surface area contributed by atoms with Gasteiger partial charge in [0.15, 0.2) is 0 Å². The summed E-state index contributed by atoms with van der Waals surface area (Å²) in [5.74, 6) is 0.0845. The van der Waals surface area contributed by atoms with Crippen molar-refractivity contribution in [3.63, 3.8) is 0 Å². The SMILES string of the molecule is CC(C)(C)OC(=O)Cc1ccc(N2CCCC(CO)C2)cn1. The van der Waals surface area contributed by atoms with Crippen LogP contribution in [0.15, 0.2) is 18.3 Å². The van der Waals surface area contributed by atoms with Crippen LogP contribution in [-0.2, 0) is 16.0 Å². The lowest BCUT2D eigenvalue weighted by Gasteiger charge is -2.33. The molecule has 1 unspecified atom stereocenters. The van der Waals surface area contributed by atoms with E-state index in [2.05, 4.69) is 9.88 Å². The average Bonchev–Trinajstić information content (AvgIpc) is 2.46. The first-order chi connectivity index (χ1) is 10.4. The molecule has 22 heavy (non-hydrogen) atoms. The van der Waals surface area contributed by atoms with Gasteiger partial charge < -0.3 is 14.7 Å². The van der Waals surface area contributed by atoms with E-state index in [4.69, 9.17) is 4.74 Å². The van der Waals surface area contributed by atoms with Crippen LogP contribution in [0.5, 0.6) is 0 Å². The zero-order valence-corrected chi connectivity index (χ0v) is 13.7. The highest BCUT2D eigenvalue weighted by atomic mass is 16.6. The van der Waals surface area contributed by atoms with E-state index >= 15 is 0 Å². The largest absolute Gasteiger partial charge is 0.460 e. The number of rotatable bonds is 4. The maximum atomic E-state index is 11.8. The number of nitrogens with zero attached hydrogens (tertiary/aromatic N) is 2. The predicted molar refractivity (Wildman–Crippen MR) is 85.8 cm³/mol. The Labute approximate surface area is 132 Å². The normalized spacial score (nSPS) is 19.1. The number of carbonyl (C=O) groups excluding carboxylic acids is 1. The van der Waals surface area contributed by atoms with Crippen molar-refractivity contribution in [3.05, 3.63) is 24.0 Å². The monoisotopic (exact) mass is 306 g/mol. The molecule has 2 heterocycles. The summed E-state index contributed by atoms with van der Waals surface area (Å²) in [5.41, 5.74) is 1.30. The molecule has 1 atom stereocenters. The minimum atomic E-state index is -0.468. The van der Waals surface area contributed by atoms with Gasteiger partial charge in [0.05, 0.1) is 24.0 Å². The summed E-state index contributed by atoms with van der Waals surface area (Å²) in [6.07, 6.45) is 4.16. The van der Waals surface area contributed by atoms with E-state index in [1.54, 1.807) is 6.20 Å². The zero-order valence-electron chi connectivity index (χ0n) is 13.7. The average molecular weight is 306 g/mol. The quantitative estimate of drug-likeness (QED) is 0.864. The molecule has 0 amide bonds. The fourth-order valence-electron chi connectivity index (χ4n) is 2.68. The van der Waals surface area contributed by atoms with E-state index < -0.39 is 5.60 Å². The van der Waals surface area contributed by atoms with Crippen LogP contribution in [-0.4, -0.2) is 41.4 Å². The number of hydrogen-bond acceptors (Lipinski definition) is 5. The fraction of sp³-hybridized carbons (Fsp3) is 0.647. The van der Waals surface area contributed by atoms with Gasteiger partial charge in [-0.2, -0.15) is 0 Å². The first-order valence-corrected chi connectivity index (χ1v) is 7.90. The summed E-state index contributed by atoms with van der Waals surface area (Å²) in [6.45, 7) is 7.66. The van der Waals surface area contributed by atoms with Crippen LogP contribution in [0.25, 0.3) is 0 Å². The Balaban J connectivity index is 1.94. The van der Waals surface area contributed by atoms with Crippen molar-refractivity contribution in [2.75, 3.05) is 24.6 Å². The molecule has 0 radical (unpaired) electrons. The first kappa shape index (κ1) is 16.7. The minimum absolute atomic E-state index is 0.191. The number of aromatic nitrogens is 1. The first-order valence-electron chi connectivity index (χ1n) is 7.90. The van der Waals surface area contributed by atoms with Crippen LogP contribution >= 0.6 is 0 Å². The molecule has 0 aromatic carbocycles. The van der Waals surface area contributed by atoms with Crippen molar-refractivity contribution in [2.24, 2.45) is 5.92 Å². The molecular weight excluding hydrogens is 280 g/mol. The van der Waals surface area contributed by atoms with Gasteiger partial charge in [0.25, 0.3) is 0 Å². The van der Waals surface area contributed by atoms with Crippen LogP contribution in [0.1, 0.15) is 39.3 Å². The number of esters is 1. The maximum absolute atomic E-state index is 11.8. The summed E-state index contributed by atoms with van der Waals surface area (Å²) < 4.78 is 5.30. The van der Waals surface area contributed by atoms with Gasteiger partial charge in [-0.3, -0.25) is 9.78 Å². The standard InChI is InChI=1S/C17H26N2O3/c1-17(2,3)22-16(21)9-14-6-7-15(10-18-14)19-8-4-5-13(11-19)12-20/h6-7,10,13,20H,4-5,8-9,11-12H2,1-3H3. The second-order valence-electron chi connectivity index (χ2n) is 6.91. The van der Waals surface area contributed by atoms with Crippen LogP contribution in [0.2, 0.25) is 0 Å². The molecule has 1 aliphatic rings. The number of carbonyl (C=O) groups is 1. The van der Waals surface area contributed by atoms with Crippen molar-refractivity contribution >= 4 is 11.7 Å². The lowest BCUT2D eigenvalue weighted by molar-refractivity contribution is -0.153. The molecule has 1 N–H and O–H groups in total. The highest BCUT2D eigenvalue weighted by Crippen LogP contribution is 2.22. The Kier molecular flexibility index (Phi) is 5.40. The van der Waals surface area contributed by atoms with Crippen molar-refractivity contribution in [2.45, 2.75) is 45.6 Å². The van der Waals surface area contributed by atoms with E-state index in [9.17, 15) is 9.90 Å². The number of hydrogen-bond donors (Lipinski definition) is 1. The van der Waals surface area contributed by atoms with Gasteiger partial charge >= 0.3 is 5.97 Å². The van der Waals surface area contributed by atoms with Crippen LogP contribution < -0.4 is 4.90 Å². The Morgan fingerprint density at radius 3 is 2.82 bits per heavy atom. The number of aliphatic hydroxyl groups is 1. The summed E-state index contributed by atoms with van der Waals surface area (Å²) in [4.78, 5) is 18.4. The third-order valence-electron chi connectivity index (χ3n) is 3.70. The summed E-state index contributed by atoms with van der Waals surface area (Å²) in [6, 6.07) is 3.87. The highest BCUT2D eigenvalue weighted by molar-refractivity contribution is 5.72. The number of aliphatic hydroxyl groups excluding tert-OH is 1. The van der Waals surface area contributed by atoms with Gasteiger partial charge in [0, 0.05) is 19.7 Å². The lowest BCUT2D eigenvalue weighted by atomic mass is 9.99. The van der Waals surface area contributed by atoms with Crippen molar-refractivity contribution < 1.29 is 14.6 Å². The van der Waals surface area contributed by atoms with E-state index in [0.29, 0.717) is 11.6 Å². The molecule has 1 saturated heterocycles. The van der Waals surface area contributed by atoms with Crippen LogP contribution in [0.3, 0.4) is 0 Å². The summed E-state index contributed by atoms with van der Waals surface area (Å²) in [7, 11) is 0. The Hall–Kier alpha value is -1.62. The molecule has 0 bridgehead atoms. The Bertz CT molecular complexity index is 494. The number of pyridine rings is 1.